The van der Waals surface area contributed by atoms with Crippen molar-refractivity contribution in [3.05, 3.63) is 226 Å². The second kappa shape index (κ2) is 16.3. The molecule has 1 heteroatoms. The molecule has 0 aromatic heterocycles. The maximum atomic E-state index is 5.25. The summed E-state index contributed by atoms with van der Waals surface area (Å²) in [5, 5.41) is 0. The van der Waals surface area contributed by atoms with Crippen LogP contribution < -0.4 is 0 Å². The molecule has 278 valence electrons. The fourth-order valence-corrected chi connectivity index (χ4v) is 9.99. The average molecular weight is 728 g/mol. The number of allylic oxidation sites excluding steroid dienone is 22. The van der Waals surface area contributed by atoms with Gasteiger partial charge >= 0.3 is 0 Å². The van der Waals surface area contributed by atoms with Crippen LogP contribution in [0.1, 0.15) is 87.0 Å². The fraction of sp³-hybridized carbons (Fsp3) is 0.255. The summed E-state index contributed by atoms with van der Waals surface area (Å²) < 4.78 is 0. The van der Waals surface area contributed by atoms with Crippen molar-refractivity contribution in [2.24, 2.45) is 16.8 Å². The summed E-state index contributed by atoms with van der Waals surface area (Å²) in [6.45, 7) is 2.98. The predicted molar refractivity (Wildman–Crippen MR) is 238 cm³/mol. The van der Waals surface area contributed by atoms with E-state index in [0.717, 1.165) is 64.3 Å². The largest absolute Gasteiger partial charge is 0.285 e. The molecule has 3 unspecified atom stereocenters. The molecule has 3 aromatic rings. The molecule has 0 N–H and O–H groups in total. The van der Waals surface area contributed by atoms with Crippen molar-refractivity contribution in [1.29, 1.82) is 0 Å². The molecule has 0 fully saturated rings. The molecular weight excluding hydrogens is 675 g/mol. The van der Waals surface area contributed by atoms with E-state index in [9.17, 15) is 0 Å². The highest BCUT2D eigenvalue weighted by Crippen LogP contribution is 2.57. The Kier molecular flexibility index (Phi) is 10.5. The summed E-state index contributed by atoms with van der Waals surface area (Å²) in [5.41, 5.74) is 18.0. The Bertz CT molecular complexity index is 2340. The minimum atomic E-state index is -0.220. The van der Waals surface area contributed by atoms with Gasteiger partial charge in [0.2, 0.25) is 0 Å². The Morgan fingerprint density at radius 3 is 2.29 bits per heavy atom. The Morgan fingerprint density at radius 1 is 0.750 bits per heavy atom. The molecule has 0 saturated heterocycles. The van der Waals surface area contributed by atoms with E-state index in [-0.39, 0.29) is 11.3 Å². The molecule has 0 saturated carbocycles. The van der Waals surface area contributed by atoms with Crippen LogP contribution in [-0.2, 0) is 12.0 Å². The van der Waals surface area contributed by atoms with Gasteiger partial charge in [0, 0.05) is 17.5 Å². The lowest BCUT2D eigenvalue weighted by atomic mass is 9.56. The summed E-state index contributed by atoms with van der Waals surface area (Å²) in [6, 6.07) is 31.5. The van der Waals surface area contributed by atoms with E-state index in [0.29, 0.717) is 5.92 Å². The monoisotopic (exact) mass is 727 g/mol. The Labute approximate surface area is 334 Å². The summed E-state index contributed by atoms with van der Waals surface area (Å²) in [5.74, 6) is 0.721. The maximum Gasteiger partial charge on any atom is 0.0643 e. The van der Waals surface area contributed by atoms with E-state index >= 15 is 0 Å². The van der Waals surface area contributed by atoms with E-state index in [2.05, 4.69) is 177 Å². The Hall–Kier alpha value is -5.53. The minimum Gasteiger partial charge on any atom is -0.285 e. The maximum absolute atomic E-state index is 5.25. The third-order valence-electron chi connectivity index (χ3n) is 12.9. The first-order valence-electron chi connectivity index (χ1n) is 21.0. The first kappa shape index (κ1) is 36.1. The molecule has 56 heavy (non-hydrogen) atoms. The Balaban J connectivity index is 0.986. The quantitative estimate of drug-likeness (QED) is 0.195. The third-order valence-corrected chi connectivity index (χ3v) is 12.9. The van der Waals surface area contributed by atoms with E-state index in [4.69, 9.17) is 4.99 Å². The van der Waals surface area contributed by atoms with Gasteiger partial charge in [0.15, 0.2) is 0 Å². The number of aliphatic imine (C=N–C) groups is 1. The highest BCUT2D eigenvalue weighted by Gasteiger charge is 2.47. The SMILES string of the molecule is C/C(=C\C(=N/Cc1ccccc1)C1CC=C(c2ccc(C3=CC4=C(CC3)C(C3=CC=CCC3)(c3ccccc3)C3=CC4C=CC=C3)cc2)CC1)C1=CCCC=C1. The van der Waals surface area contributed by atoms with E-state index < -0.39 is 0 Å². The lowest BCUT2D eigenvalue weighted by Gasteiger charge is -2.47. The van der Waals surface area contributed by atoms with E-state index in [1.807, 2.05) is 0 Å². The summed E-state index contributed by atoms with van der Waals surface area (Å²) in [4.78, 5) is 5.25. The van der Waals surface area contributed by atoms with Crippen molar-refractivity contribution in [3.63, 3.8) is 0 Å². The smallest absolute Gasteiger partial charge is 0.0643 e. The molecule has 0 radical (unpaired) electrons. The van der Waals surface area contributed by atoms with Crippen LogP contribution in [0, 0.1) is 11.8 Å². The van der Waals surface area contributed by atoms with Crippen molar-refractivity contribution in [3.8, 4) is 0 Å². The number of nitrogens with zero attached hydrogens (tertiary/aromatic N) is 1. The molecule has 0 heterocycles. The van der Waals surface area contributed by atoms with Crippen molar-refractivity contribution in [1.82, 2.24) is 0 Å². The van der Waals surface area contributed by atoms with E-state index in [1.165, 1.54) is 67.0 Å². The molecule has 3 aromatic carbocycles. The van der Waals surface area contributed by atoms with Crippen LogP contribution in [0.15, 0.2) is 208 Å². The molecule has 0 amide bonds. The molecule has 1 nitrogen and oxygen atoms in total. The highest BCUT2D eigenvalue weighted by atomic mass is 14.7. The summed E-state index contributed by atoms with van der Waals surface area (Å²) in [6.07, 6.45) is 43.1. The second-order valence-corrected chi connectivity index (χ2v) is 16.2. The van der Waals surface area contributed by atoms with Gasteiger partial charge in [-0.25, -0.2) is 0 Å². The molecule has 3 atom stereocenters. The Morgan fingerprint density at radius 2 is 1.55 bits per heavy atom. The average Bonchev–Trinajstić information content (AvgIpc) is 3.51. The summed E-state index contributed by atoms with van der Waals surface area (Å²) >= 11 is 0. The van der Waals surface area contributed by atoms with Gasteiger partial charge in [0.25, 0.3) is 0 Å². The first-order valence-corrected chi connectivity index (χ1v) is 21.0. The van der Waals surface area contributed by atoms with Gasteiger partial charge in [-0.3, -0.25) is 4.99 Å². The van der Waals surface area contributed by atoms with Gasteiger partial charge in [-0.05, 0) is 132 Å². The van der Waals surface area contributed by atoms with Crippen molar-refractivity contribution in [2.75, 3.05) is 0 Å². The molecule has 0 spiro atoms. The normalized spacial score (nSPS) is 24.8. The molecule has 0 aliphatic heterocycles. The van der Waals surface area contributed by atoms with Crippen LogP contribution in [0.5, 0.6) is 0 Å². The highest BCUT2D eigenvalue weighted by molar-refractivity contribution is 5.98. The van der Waals surface area contributed by atoms with E-state index in [1.54, 1.807) is 5.57 Å². The van der Waals surface area contributed by atoms with Crippen LogP contribution in [0.4, 0.5) is 0 Å². The van der Waals surface area contributed by atoms with Gasteiger partial charge in [0.05, 0.1) is 12.0 Å². The van der Waals surface area contributed by atoms with Crippen molar-refractivity contribution >= 4 is 16.9 Å². The zero-order valence-electron chi connectivity index (χ0n) is 32.8. The number of hydrogen-bond acceptors (Lipinski definition) is 1. The molecule has 9 rings (SSSR count). The zero-order chi connectivity index (χ0) is 37.7. The predicted octanol–water partition coefficient (Wildman–Crippen LogP) is 14.1. The number of fused-ring (bicyclic) bond motifs is 2. The van der Waals surface area contributed by atoms with Gasteiger partial charge < -0.3 is 0 Å². The second-order valence-electron chi connectivity index (χ2n) is 16.2. The van der Waals surface area contributed by atoms with Gasteiger partial charge in [0.1, 0.15) is 0 Å². The molecule has 6 aliphatic rings. The molecule has 6 aliphatic carbocycles. The summed E-state index contributed by atoms with van der Waals surface area (Å²) in [7, 11) is 0. The third kappa shape index (κ3) is 7.16. The van der Waals surface area contributed by atoms with Crippen LogP contribution in [0.2, 0.25) is 0 Å². The zero-order valence-corrected chi connectivity index (χ0v) is 32.8. The van der Waals surface area contributed by atoms with Crippen LogP contribution in [0.3, 0.4) is 0 Å². The van der Waals surface area contributed by atoms with Gasteiger partial charge in [-0.2, -0.15) is 0 Å². The molecule has 2 bridgehead atoms. The van der Waals surface area contributed by atoms with Crippen LogP contribution in [0.25, 0.3) is 11.1 Å². The number of hydrogen-bond donors (Lipinski definition) is 0. The van der Waals surface area contributed by atoms with Gasteiger partial charge in [-0.15, -0.1) is 0 Å². The van der Waals surface area contributed by atoms with Crippen molar-refractivity contribution in [2.45, 2.75) is 76.7 Å². The van der Waals surface area contributed by atoms with Crippen molar-refractivity contribution < 1.29 is 0 Å². The lowest BCUT2D eigenvalue weighted by molar-refractivity contribution is 0.596. The van der Waals surface area contributed by atoms with Crippen LogP contribution in [-0.4, -0.2) is 5.71 Å². The van der Waals surface area contributed by atoms with Crippen LogP contribution >= 0.6 is 0 Å². The number of benzene rings is 3. The number of rotatable bonds is 9. The topological polar surface area (TPSA) is 12.4 Å². The van der Waals surface area contributed by atoms with Gasteiger partial charge in [-0.1, -0.05) is 169 Å². The first-order chi connectivity index (χ1) is 27.7. The lowest BCUT2D eigenvalue weighted by Crippen LogP contribution is -2.38. The minimum absolute atomic E-state index is 0.220. The molecular formula is C55H53N. The standard InChI is InChI=1S/C55H53N/c1-40(42-18-8-3-9-19-42)36-54(56-39-41-16-6-2-7-17-41)46-32-30-44(31-33-46)43-26-28-45(29-27-43)47-34-35-53-52(38-47)48-20-14-15-25-51(37-48)55(53,49-21-10-4-11-22-49)50-23-12-5-13-24-50/h2,4-8,10-12,14-23,25-30,36-38,46,48H,3,9,13,24,31-35,39H2,1H3/b40-36+,56-54+. The fourth-order valence-electron chi connectivity index (χ4n) is 9.99.